The van der Waals surface area contributed by atoms with Crippen LogP contribution in [0.5, 0.6) is 0 Å². The number of hydrogen-bond acceptors (Lipinski definition) is 4. The van der Waals surface area contributed by atoms with E-state index in [0.29, 0.717) is 0 Å². The fourth-order valence-corrected chi connectivity index (χ4v) is 2.46. The van der Waals surface area contributed by atoms with Crippen LogP contribution in [0.2, 0.25) is 5.28 Å². The molecule has 1 fully saturated rings. The molecule has 0 spiro atoms. The fourth-order valence-electron chi connectivity index (χ4n) is 2.33. The van der Waals surface area contributed by atoms with Gasteiger partial charge in [-0.2, -0.15) is 0 Å². The topological polar surface area (TPSA) is 58.1 Å². The summed E-state index contributed by atoms with van der Waals surface area (Å²) in [6.45, 7) is 2.76. The van der Waals surface area contributed by atoms with E-state index in [-0.39, 0.29) is 17.2 Å². The molecule has 1 N–H and O–H groups in total. The predicted octanol–water partition coefficient (Wildman–Crippen LogP) is 1.54. The quantitative estimate of drug-likeness (QED) is 0.827. The lowest BCUT2D eigenvalue weighted by Crippen LogP contribution is -2.49. The summed E-state index contributed by atoms with van der Waals surface area (Å²) in [4.78, 5) is 22.2. The lowest BCUT2D eigenvalue weighted by atomic mass is 10.0. The minimum Gasteiger partial charge on any atom is -0.357 e. The number of amides is 1. The number of nitrogens with zero attached hydrogens (tertiary/aromatic N) is 3. The fraction of sp³-hybridized carbons (Fsp3) is 0.583. The third-order valence-electron chi connectivity index (χ3n) is 3.24. The summed E-state index contributed by atoms with van der Waals surface area (Å²) in [6.07, 6.45) is 4.67. The Morgan fingerprint density at radius 1 is 1.56 bits per heavy atom. The first-order chi connectivity index (χ1) is 8.63. The van der Waals surface area contributed by atoms with Gasteiger partial charge < -0.3 is 10.2 Å². The standard InChI is InChI=1S/C12H17ClN4O/c1-8-7-15-12(13)16-10(8)17-6-4-3-5-9(17)11(18)14-2/h7,9H,3-6H2,1-2H3,(H,14,18). The Hall–Kier alpha value is -1.36. The van der Waals surface area contributed by atoms with Crippen molar-refractivity contribution in [1.29, 1.82) is 0 Å². The first-order valence-electron chi connectivity index (χ1n) is 6.11. The molecule has 1 atom stereocenters. The van der Waals surface area contributed by atoms with Crippen LogP contribution >= 0.6 is 11.6 Å². The van der Waals surface area contributed by atoms with Crippen LogP contribution in [0.15, 0.2) is 6.20 Å². The summed E-state index contributed by atoms with van der Waals surface area (Å²) >= 11 is 5.85. The average molecular weight is 269 g/mol. The maximum Gasteiger partial charge on any atom is 0.242 e. The lowest BCUT2D eigenvalue weighted by molar-refractivity contribution is -0.122. The number of rotatable bonds is 2. The van der Waals surface area contributed by atoms with Crippen molar-refractivity contribution in [3.63, 3.8) is 0 Å². The Balaban J connectivity index is 2.33. The van der Waals surface area contributed by atoms with Gasteiger partial charge in [0, 0.05) is 25.4 Å². The van der Waals surface area contributed by atoms with Gasteiger partial charge in [0.05, 0.1) is 0 Å². The van der Waals surface area contributed by atoms with Gasteiger partial charge >= 0.3 is 0 Å². The SMILES string of the molecule is CNC(=O)C1CCCCN1c1nc(Cl)ncc1C. The molecule has 0 aliphatic carbocycles. The van der Waals surface area contributed by atoms with Crippen LogP contribution in [0.3, 0.4) is 0 Å². The number of hydrogen-bond donors (Lipinski definition) is 1. The molecule has 2 heterocycles. The number of carbonyl (C=O) groups is 1. The van der Waals surface area contributed by atoms with Gasteiger partial charge in [0.2, 0.25) is 11.2 Å². The molecular formula is C12H17ClN4O. The number of anilines is 1. The van der Waals surface area contributed by atoms with E-state index < -0.39 is 0 Å². The number of nitrogens with one attached hydrogen (secondary N) is 1. The van der Waals surface area contributed by atoms with Gasteiger partial charge in [0.25, 0.3) is 0 Å². The van der Waals surface area contributed by atoms with Crippen molar-refractivity contribution >= 4 is 23.3 Å². The van der Waals surface area contributed by atoms with E-state index in [1.54, 1.807) is 13.2 Å². The summed E-state index contributed by atoms with van der Waals surface area (Å²) in [5, 5.41) is 2.93. The molecule has 1 aliphatic rings. The van der Waals surface area contributed by atoms with Crippen molar-refractivity contribution < 1.29 is 4.79 Å². The van der Waals surface area contributed by atoms with Crippen molar-refractivity contribution in [2.24, 2.45) is 0 Å². The lowest BCUT2D eigenvalue weighted by Gasteiger charge is -2.36. The molecule has 1 amide bonds. The molecule has 1 aromatic rings. The molecule has 98 valence electrons. The highest BCUT2D eigenvalue weighted by Gasteiger charge is 2.30. The van der Waals surface area contributed by atoms with Crippen LogP contribution in [0.1, 0.15) is 24.8 Å². The zero-order chi connectivity index (χ0) is 13.1. The minimum atomic E-state index is -0.159. The van der Waals surface area contributed by atoms with Crippen molar-refractivity contribution in [2.45, 2.75) is 32.2 Å². The summed E-state index contributed by atoms with van der Waals surface area (Å²) in [5.41, 5.74) is 0.940. The molecular weight excluding hydrogens is 252 g/mol. The summed E-state index contributed by atoms with van der Waals surface area (Å²) in [7, 11) is 1.66. The maximum absolute atomic E-state index is 11.9. The molecule has 1 aromatic heterocycles. The molecule has 0 aromatic carbocycles. The smallest absolute Gasteiger partial charge is 0.242 e. The van der Waals surface area contributed by atoms with E-state index in [9.17, 15) is 4.79 Å². The monoisotopic (exact) mass is 268 g/mol. The Labute approximate surface area is 112 Å². The number of piperidine rings is 1. The van der Waals surface area contributed by atoms with Crippen LogP contribution in [-0.4, -0.2) is 35.5 Å². The second-order valence-electron chi connectivity index (χ2n) is 4.46. The molecule has 18 heavy (non-hydrogen) atoms. The number of halogens is 1. The minimum absolute atomic E-state index is 0.0313. The molecule has 5 nitrogen and oxygen atoms in total. The number of aryl methyl sites for hydroxylation is 1. The van der Waals surface area contributed by atoms with Gasteiger partial charge in [-0.25, -0.2) is 9.97 Å². The average Bonchev–Trinajstić information content (AvgIpc) is 2.40. The first kappa shape index (κ1) is 13.1. The molecule has 0 bridgehead atoms. The normalized spacial score (nSPS) is 19.7. The molecule has 2 rings (SSSR count). The van der Waals surface area contributed by atoms with E-state index in [1.807, 2.05) is 11.8 Å². The second kappa shape index (κ2) is 5.52. The highest BCUT2D eigenvalue weighted by molar-refractivity contribution is 6.28. The number of aromatic nitrogens is 2. The van der Waals surface area contributed by atoms with Gasteiger partial charge in [-0.3, -0.25) is 4.79 Å². The molecule has 0 saturated carbocycles. The van der Waals surface area contributed by atoms with Crippen LogP contribution in [0.25, 0.3) is 0 Å². The predicted molar refractivity (Wildman–Crippen MR) is 70.8 cm³/mol. The Kier molecular flexibility index (Phi) is 4.01. The largest absolute Gasteiger partial charge is 0.357 e. The highest BCUT2D eigenvalue weighted by atomic mass is 35.5. The first-order valence-corrected chi connectivity index (χ1v) is 6.48. The van der Waals surface area contributed by atoms with E-state index in [0.717, 1.165) is 37.2 Å². The van der Waals surface area contributed by atoms with Crippen molar-refractivity contribution in [3.8, 4) is 0 Å². The summed E-state index contributed by atoms with van der Waals surface area (Å²) in [6, 6.07) is -0.159. The van der Waals surface area contributed by atoms with E-state index in [4.69, 9.17) is 11.6 Å². The second-order valence-corrected chi connectivity index (χ2v) is 4.80. The van der Waals surface area contributed by atoms with Gasteiger partial charge in [-0.05, 0) is 37.8 Å². The van der Waals surface area contributed by atoms with Gasteiger partial charge in [0.15, 0.2) is 0 Å². The third kappa shape index (κ3) is 2.56. The van der Waals surface area contributed by atoms with Crippen LogP contribution < -0.4 is 10.2 Å². The van der Waals surface area contributed by atoms with Gasteiger partial charge in [-0.15, -0.1) is 0 Å². The Morgan fingerprint density at radius 3 is 3.06 bits per heavy atom. The van der Waals surface area contributed by atoms with Crippen molar-refractivity contribution in [2.75, 3.05) is 18.5 Å². The van der Waals surface area contributed by atoms with Crippen molar-refractivity contribution in [1.82, 2.24) is 15.3 Å². The molecule has 1 saturated heterocycles. The number of carbonyl (C=O) groups excluding carboxylic acids is 1. The molecule has 6 heteroatoms. The van der Waals surface area contributed by atoms with E-state index in [1.165, 1.54) is 0 Å². The molecule has 1 aliphatic heterocycles. The maximum atomic E-state index is 11.9. The summed E-state index contributed by atoms with van der Waals surface area (Å²) in [5.74, 6) is 0.798. The number of likely N-dealkylation sites (N-methyl/N-ethyl adjacent to an activating group) is 1. The van der Waals surface area contributed by atoms with Gasteiger partial charge in [-0.1, -0.05) is 0 Å². The van der Waals surface area contributed by atoms with Crippen LogP contribution in [-0.2, 0) is 4.79 Å². The van der Waals surface area contributed by atoms with E-state index in [2.05, 4.69) is 15.3 Å². The van der Waals surface area contributed by atoms with Gasteiger partial charge in [0.1, 0.15) is 11.9 Å². The zero-order valence-corrected chi connectivity index (χ0v) is 11.4. The van der Waals surface area contributed by atoms with Crippen LogP contribution in [0.4, 0.5) is 5.82 Å². The van der Waals surface area contributed by atoms with Crippen molar-refractivity contribution in [3.05, 3.63) is 17.0 Å². The Morgan fingerprint density at radius 2 is 2.33 bits per heavy atom. The zero-order valence-electron chi connectivity index (χ0n) is 10.6. The highest BCUT2D eigenvalue weighted by Crippen LogP contribution is 2.26. The molecule has 0 radical (unpaired) electrons. The van der Waals surface area contributed by atoms with E-state index >= 15 is 0 Å². The third-order valence-corrected chi connectivity index (χ3v) is 3.42. The van der Waals surface area contributed by atoms with Crippen LogP contribution in [0, 0.1) is 6.92 Å². The Bertz CT molecular complexity index is 452. The summed E-state index contributed by atoms with van der Waals surface area (Å²) < 4.78 is 0. The molecule has 1 unspecified atom stereocenters.